The van der Waals surface area contributed by atoms with Crippen molar-refractivity contribution in [3.05, 3.63) is 89.5 Å². The molecule has 34 heavy (non-hydrogen) atoms. The van der Waals surface area contributed by atoms with E-state index in [0.717, 1.165) is 29.7 Å². The number of unbranched alkanes of at least 4 members (excludes halogenated alkanes) is 1. The van der Waals surface area contributed by atoms with Crippen molar-refractivity contribution in [3.8, 4) is 5.75 Å². The molecule has 0 aliphatic carbocycles. The summed E-state index contributed by atoms with van der Waals surface area (Å²) < 4.78 is 32.5. The molecule has 7 nitrogen and oxygen atoms in total. The monoisotopic (exact) mass is 479 g/mol. The van der Waals surface area contributed by atoms with Gasteiger partial charge in [-0.2, -0.15) is 5.10 Å². The second kappa shape index (κ2) is 11.5. The second-order valence-corrected chi connectivity index (χ2v) is 9.77. The van der Waals surface area contributed by atoms with Crippen LogP contribution < -0.4 is 14.5 Å². The van der Waals surface area contributed by atoms with Crippen LogP contribution in [0.15, 0.2) is 82.8 Å². The van der Waals surface area contributed by atoms with Gasteiger partial charge >= 0.3 is 0 Å². The number of anilines is 1. The number of ether oxygens (including phenoxy) is 1. The van der Waals surface area contributed by atoms with Gasteiger partial charge in [0.2, 0.25) is 0 Å². The zero-order valence-corrected chi connectivity index (χ0v) is 20.4. The fourth-order valence-electron chi connectivity index (χ4n) is 3.04. The zero-order valence-electron chi connectivity index (χ0n) is 19.6. The number of carbonyl (C=O) groups excluding carboxylic acids is 1. The summed E-state index contributed by atoms with van der Waals surface area (Å²) in [5.41, 5.74) is 5.09. The van der Waals surface area contributed by atoms with Crippen LogP contribution in [0, 0.1) is 6.92 Å². The number of sulfonamides is 1. The molecule has 0 aliphatic rings. The molecule has 0 radical (unpaired) electrons. The van der Waals surface area contributed by atoms with Crippen molar-refractivity contribution >= 4 is 27.8 Å². The Hall–Kier alpha value is -3.65. The van der Waals surface area contributed by atoms with Crippen LogP contribution in [0.5, 0.6) is 5.75 Å². The zero-order chi connectivity index (χ0) is 24.6. The van der Waals surface area contributed by atoms with E-state index in [1.165, 1.54) is 11.4 Å². The molecule has 0 bridgehead atoms. The minimum absolute atomic E-state index is 0.206. The van der Waals surface area contributed by atoms with E-state index in [4.69, 9.17) is 4.74 Å². The number of nitrogens with zero attached hydrogens (tertiary/aromatic N) is 2. The van der Waals surface area contributed by atoms with Crippen molar-refractivity contribution in [1.82, 2.24) is 5.43 Å². The maximum absolute atomic E-state index is 12.8. The third-order valence-corrected chi connectivity index (χ3v) is 7.00. The molecule has 0 saturated heterocycles. The van der Waals surface area contributed by atoms with E-state index in [1.54, 1.807) is 54.7 Å². The lowest BCUT2D eigenvalue weighted by Crippen LogP contribution is -2.26. The Kier molecular flexibility index (Phi) is 8.43. The Bertz CT molecular complexity index is 1220. The summed E-state index contributed by atoms with van der Waals surface area (Å²) in [4.78, 5) is 12.6. The summed E-state index contributed by atoms with van der Waals surface area (Å²) in [7, 11) is -2.22. The van der Waals surface area contributed by atoms with Gasteiger partial charge in [-0.15, -0.1) is 0 Å². The summed E-state index contributed by atoms with van der Waals surface area (Å²) in [5, 5.41) is 3.99. The van der Waals surface area contributed by atoms with Gasteiger partial charge in [0.15, 0.2) is 0 Å². The molecule has 0 aromatic heterocycles. The summed E-state index contributed by atoms with van der Waals surface area (Å²) in [6.45, 7) is 4.70. The van der Waals surface area contributed by atoms with E-state index in [-0.39, 0.29) is 4.90 Å². The number of carbonyl (C=O) groups is 1. The summed E-state index contributed by atoms with van der Waals surface area (Å²) >= 11 is 0. The van der Waals surface area contributed by atoms with Crippen molar-refractivity contribution < 1.29 is 17.9 Å². The third-order valence-electron chi connectivity index (χ3n) is 5.20. The highest BCUT2D eigenvalue weighted by molar-refractivity contribution is 7.92. The molecular weight excluding hydrogens is 450 g/mol. The average Bonchev–Trinajstić information content (AvgIpc) is 2.85. The van der Waals surface area contributed by atoms with Gasteiger partial charge in [-0.05, 0) is 79.6 Å². The van der Waals surface area contributed by atoms with Crippen LogP contribution in [-0.4, -0.2) is 34.2 Å². The summed E-state index contributed by atoms with van der Waals surface area (Å²) in [6, 6.07) is 20.4. The van der Waals surface area contributed by atoms with Gasteiger partial charge < -0.3 is 4.74 Å². The van der Waals surface area contributed by atoms with Crippen LogP contribution in [0.25, 0.3) is 0 Å². The maximum Gasteiger partial charge on any atom is 0.271 e. The number of benzene rings is 3. The number of rotatable bonds is 10. The van der Waals surface area contributed by atoms with E-state index in [0.29, 0.717) is 17.9 Å². The molecule has 0 spiro atoms. The van der Waals surface area contributed by atoms with E-state index >= 15 is 0 Å². The second-order valence-electron chi connectivity index (χ2n) is 7.80. The maximum atomic E-state index is 12.8. The van der Waals surface area contributed by atoms with Gasteiger partial charge in [0, 0.05) is 12.6 Å². The van der Waals surface area contributed by atoms with E-state index in [1.807, 2.05) is 31.2 Å². The highest BCUT2D eigenvalue weighted by Gasteiger charge is 2.21. The van der Waals surface area contributed by atoms with Crippen molar-refractivity contribution in [2.45, 2.75) is 31.6 Å². The van der Waals surface area contributed by atoms with Gasteiger partial charge in [-0.3, -0.25) is 9.10 Å². The highest BCUT2D eigenvalue weighted by Crippen LogP contribution is 2.22. The van der Waals surface area contributed by atoms with E-state index in [9.17, 15) is 13.2 Å². The standard InChI is InChI=1S/C26H29N3O4S/c1-4-5-18-33-24-14-8-21(9-15-24)19-27-28-26(30)22-10-12-23(13-11-22)29(3)34(31,32)25-16-6-20(2)7-17-25/h6-17,19H,4-5,18H2,1-3H3,(H,28,30)/b27-19-. The van der Waals surface area contributed by atoms with Crippen LogP contribution in [0.3, 0.4) is 0 Å². The topological polar surface area (TPSA) is 88.1 Å². The number of hydrazone groups is 1. The molecule has 178 valence electrons. The largest absolute Gasteiger partial charge is 0.494 e. The van der Waals surface area contributed by atoms with Gasteiger partial charge in [0.05, 0.1) is 23.4 Å². The Morgan fingerprint density at radius 3 is 2.26 bits per heavy atom. The van der Waals surface area contributed by atoms with Crippen molar-refractivity contribution in [2.24, 2.45) is 5.10 Å². The fraction of sp³-hybridized carbons (Fsp3) is 0.231. The summed E-state index contributed by atoms with van der Waals surface area (Å²) in [6.07, 6.45) is 3.63. The first-order chi connectivity index (χ1) is 16.3. The van der Waals surface area contributed by atoms with Crippen LogP contribution >= 0.6 is 0 Å². The molecule has 1 N–H and O–H groups in total. The van der Waals surface area contributed by atoms with Crippen LogP contribution in [-0.2, 0) is 10.0 Å². The first-order valence-corrected chi connectivity index (χ1v) is 12.5. The SMILES string of the molecule is CCCCOc1ccc(/C=N\NC(=O)c2ccc(N(C)S(=O)(=O)c3ccc(C)cc3)cc2)cc1. The predicted octanol–water partition coefficient (Wildman–Crippen LogP) is 4.76. The average molecular weight is 480 g/mol. The molecule has 0 saturated carbocycles. The molecule has 0 unspecified atom stereocenters. The Morgan fingerprint density at radius 1 is 1.00 bits per heavy atom. The first kappa shape index (κ1) is 25.0. The van der Waals surface area contributed by atoms with Crippen molar-refractivity contribution in [2.75, 3.05) is 18.0 Å². The lowest BCUT2D eigenvalue weighted by molar-refractivity contribution is 0.0955. The fourth-order valence-corrected chi connectivity index (χ4v) is 4.24. The number of hydrogen-bond acceptors (Lipinski definition) is 5. The highest BCUT2D eigenvalue weighted by atomic mass is 32.2. The van der Waals surface area contributed by atoms with Crippen LogP contribution in [0.1, 0.15) is 41.3 Å². The smallest absolute Gasteiger partial charge is 0.271 e. The molecule has 0 heterocycles. The molecule has 3 aromatic rings. The first-order valence-electron chi connectivity index (χ1n) is 11.0. The molecular formula is C26H29N3O4S. The van der Waals surface area contributed by atoms with Crippen LogP contribution in [0.2, 0.25) is 0 Å². The number of hydrogen-bond donors (Lipinski definition) is 1. The minimum Gasteiger partial charge on any atom is -0.494 e. The molecule has 0 aliphatic heterocycles. The molecule has 3 rings (SSSR count). The summed E-state index contributed by atoms with van der Waals surface area (Å²) in [5.74, 6) is 0.399. The Balaban J connectivity index is 1.59. The van der Waals surface area contributed by atoms with Gasteiger partial charge in [-0.25, -0.2) is 13.8 Å². The molecule has 3 aromatic carbocycles. The van der Waals surface area contributed by atoms with Crippen LogP contribution in [0.4, 0.5) is 5.69 Å². The number of nitrogens with one attached hydrogen (secondary N) is 1. The lowest BCUT2D eigenvalue weighted by Gasteiger charge is -2.19. The molecule has 8 heteroatoms. The number of aryl methyl sites for hydroxylation is 1. The van der Waals surface area contributed by atoms with Gasteiger partial charge in [0.25, 0.3) is 15.9 Å². The van der Waals surface area contributed by atoms with Crippen molar-refractivity contribution in [3.63, 3.8) is 0 Å². The van der Waals surface area contributed by atoms with E-state index < -0.39 is 15.9 Å². The van der Waals surface area contributed by atoms with Crippen molar-refractivity contribution in [1.29, 1.82) is 0 Å². The van der Waals surface area contributed by atoms with E-state index in [2.05, 4.69) is 17.5 Å². The Labute approximate surface area is 201 Å². The lowest BCUT2D eigenvalue weighted by atomic mass is 10.2. The minimum atomic E-state index is -3.70. The number of amides is 1. The molecule has 0 atom stereocenters. The molecule has 1 amide bonds. The normalized spacial score (nSPS) is 11.4. The van der Waals surface area contributed by atoms with Gasteiger partial charge in [-0.1, -0.05) is 31.0 Å². The van der Waals surface area contributed by atoms with Gasteiger partial charge in [0.1, 0.15) is 5.75 Å². The molecule has 0 fully saturated rings. The quantitative estimate of drug-likeness (QED) is 0.258. The third kappa shape index (κ3) is 6.45. The Morgan fingerprint density at radius 2 is 1.65 bits per heavy atom. The predicted molar refractivity (Wildman–Crippen MR) is 135 cm³/mol.